The summed E-state index contributed by atoms with van der Waals surface area (Å²) in [6.07, 6.45) is 7.01. The van der Waals surface area contributed by atoms with Crippen LogP contribution in [0.5, 0.6) is 0 Å². The van der Waals surface area contributed by atoms with E-state index in [0.29, 0.717) is 18.0 Å². The average molecular weight is 324 g/mol. The standard InChI is InChI=1S/C16H24N2O3S/c1-22(20,21)14-9-7-13(8-10-14)16(19)18-15(11-17)12-5-3-2-4-6-12/h7-10,12,15H,2-6,11,17H2,1H3,(H,18,19). The maximum absolute atomic E-state index is 12.3. The molecule has 0 spiro atoms. The third-order valence-corrected chi connectivity index (χ3v) is 5.46. The summed E-state index contributed by atoms with van der Waals surface area (Å²) in [7, 11) is -3.24. The highest BCUT2D eigenvalue weighted by atomic mass is 32.2. The molecular weight excluding hydrogens is 300 g/mol. The van der Waals surface area contributed by atoms with Crippen molar-refractivity contribution in [2.75, 3.05) is 12.8 Å². The van der Waals surface area contributed by atoms with E-state index in [2.05, 4.69) is 5.32 Å². The molecule has 1 aliphatic carbocycles. The van der Waals surface area contributed by atoms with Crippen LogP contribution in [0.4, 0.5) is 0 Å². The summed E-state index contributed by atoms with van der Waals surface area (Å²) in [5, 5.41) is 3.00. The average Bonchev–Trinajstić information content (AvgIpc) is 2.52. The fraction of sp³-hybridized carbons (Fsp3) is 0.562. The molecule has 1 amide bonds. The molecule has 3 N–H and O–H groups in total. The van der Waals surface area contributed by atoms with Gasteiger partial charge in [0.1, 0.15) is 0 Å². The lowest BCUT2D eigenvalue weighted by atomic mass is 9.84. The number of nitrogens with one attached hydrogen (secondary N) is 1. The molecule has 0 radical (unpaired) electrons. The molecule has 0 bridgehead atoms. The Morgan fingerprint density at radius 2 is 1.82 bits per heavy atom. The molecule has 1 aromatic carbocycles. The van der Waals surface area contributed by atoms with E-state index in [-0.39, 0.29) is 16.8 Å². The third kappa shape index (κ3) is 4.30. The van der Waals surface area contributed by atoms with Gasteiger partial charge in [0, 0.05) is 24.4 Å². The molecule has 6 heteroatoms. The van der Waals surface area contributed by atoms with Crippen LogP contribution in [-0.4, -0.2) is 33.2 Å². The summed E-state index contributed by atoms with van der Waals surface area (Å²) in [5.74, 6) is 0.249. The maximum Gasteiger partial charge on any atom is 0.251 e. The minimum Gasteiger partial charge on any atom is -0.348 e. The van der Waals surface area contributed by atoms with Crippen molar-refractivity contribution in [2.24, 2.45) is 11.7 Å². The van der Waals surface area contributed by atoms with Gasteiger partial charge in [-0.2, -0.15) is 0 Å². The number of hydrogen-bond donors (Lipinski definition) is 2. The first-order chi connectivity index (χ1) is 10.4. The van der Waals surface area contributed by atoms with E-state index in [1.807, 2.05) is 0 Å². The lowest BCUT2D eigenvalue weighted by Crippen LogP contribution is -2.45. The summed E-state index contributed by atoms with van der Waals surface area (Å²) in [6.45, 7) is 0.428. The van der Waals surface area contributed by atoms with Gasteiger partial charge in [-0.25, -0.2) is 8.42 Å². The molecule has 1 aromatic rings. The number of benzene rings is 1. The Kier molecular flexibility index (Phi) is 5.58. The van der Waals surface area contributed by atoms with Crippen molar-refractivity contribution in [1.82, 2.24) is 5.32 Å². The third-order valence-electron chi connectivity index (χ3n) is 4.33. The van der Waals surface area contributed by atoms with Crippen molar-refractivity contribution in [3.63, 3.8) is 0 Å². The van der Waals surface area contributed by atoms with Crippen molar-refractivity contribution < 1.29 is 13.2 Å². The summed E-state index contributed by atoms with van der Waals surface area (Å²) in [5.41, 5.74) is 6.28. The molecule has 122 valence electrons. The Bertz CT molecular complexity index is 605. The van der Waals surface area contributed by atoms with Gasteiger partial charge in [0.25, 0.3) is 5.91 Å². The topological polar surface area (TPSA) is 89.3 Å². The highest BCUT2D eigenvalue weighted by molar-refractivity contribution is 7.90. The van der Waals surface area contributed by atoms with Gasteiger partial charge in [-0.05, 0) is 43.0 Å². The second-order valence-electron chi connectivity index (χ2n) is 6.01. The van der Waals surface area contributed by atoms with Crippen molar-refractivity contribution in [1.29, 1.82) is 0 Å². The smallest absolute Gasteiger partial charge is 0.251 e. The van der Waals surface area contributed by atoms with E-state index in [1.165, 1.54) is 31.4 Å². The number of sulfone groups is 1. The van der Waals surface area contributed by atoms with Crippen molar-refractivity contribution in [2.45, 2.75) is 43.0 Å². The van der Waals surface area contributed by atoms with Gasteiger partial charge in [-0.1, -0.05) is 19.3 Å². The van der Waals surface area contributed by atoms with E-state index < -0.39 is 9.84 Å². The molecule has 1 atom stereocenters. The molecule has 0 saturated heterocycles. The zero-order valence-electron chi connectivity index (χ0n) is 12.9. The predicted octanol–water partition coefficient (Wildman–Crippen LogP) is 1.73. The molecular formula is C16H24N2O3S. The molecule has 1 unspecified atom stereocenters. The maximum atomic E-state index is 12.3. The molecule has 0 aliphatic heterocycles. The largest absolute Gasteiger partial charge is 0.348 e. The summed E-state index contributed by atoms with van der Waals surface area (Å²) in [4.78, 5) is 12.5. The SMILES string of the molecule is CS(=O)(=O)c1ccc(C(=O)NC(CN)C2CCCCC2)cc1. The van der Waals surface area contributed by atoms with Crippen LogP contribution in [0.2, 0.25) is 0 Å². The van der Waals surface area contributed by atoms with Gasteiger partial charge in [0.05, 0.1) is 4.90 Å². The number of rotatable bonds is 5. The van der Waals surface area contributed by atoms with Crippen LogP contribution in [-0.2, 0) is 9.84 Å². The van der Waals surface area contributed by atoms with Gasteiger partial charge >= 0.3 is 0 Å². The van der Waals surface area contributed by atoms with E-state index >= 15 is 0 Å². The number of hydrogen-bond acceptors (Lipinski definition) is 4. The Balaban J connectivity index is 2.04. The van der Waals surface area contributed by atoms with E-state index in [1.54, 1.807) is 12.1 Å². The van der Waals surface area contributed by atoms with Crippen LogP contribution >= 0.6 is 0 Å². The minimum absolute atomic E-state index is 0.0117. The normalized spacial score (nSPS) is 17.9. The van der Waals surface area contributed by atoms with Crippen molar-refractivity contribution in [3.8, 4) is 0 Å². The molecule has 5 nitrogen and oxygen atoms in total. The first kappa shape index (κ1) is 17.0. The van der Waals surface area contributed by atoms with Crippen LogP contribution in [0, 0.1) is 5.92 Å². The number of nitrogens with two attached hydrogens (primary N) is 1. The molecule has 1 fully saturated rings. The molecule has 2 rings (SSSR count). The Morgan fingerprint density at radius 3 is 2.32 bits per heavy atom. The number of carbonyl (C=O) groups is 1. The predicted molar refractivity (Wildman–Crippen MR) is 86.4 cm³/mol. The molecule has 22 heavy (non-hydrogen) atoms. The van der Waals surface area contributed by atoms with Gasteiger partial charge in [-0.15, -0.1) is 0 Å². The lowest BCUT2D eigenvalue weighted by molar-refractivity contribution is 0.0915. The molecule has 0 heterocycles. The minimum atomic E-state index is -3.24. The fourth-order valence-electron chi connectivity index (χ4n) is 3.01. The first-order valence-electron chi connectivity index (χ1n) is 7.73. The van der Waals surface area contributed by atoms with E-state index in [9.17, 15) is 13.2 Å². The van der Waals surface area contributed by atoms with Gasteiger partial charge in [0.15, 0.2) is 9.84 Å². The van der Waals surface area contributed by atoms with Crippen LogP contribution in [0.25, 0.3) is 0 Å². The monoisotopic (exact) mass is 324 g/mol. The summed E-state index contributed by atoms with van der Waals surface area (Å²) < 4.78 is 22.9. The lowest BCUT2D eigenvalue weighted by Gasteiger charge is -2.30. The summed E-state index contributed by atoms with van der Waals surface area (Å²) in [6, 6.07) is 5.99. The van der Waals surface area contributed by atoms with Gasteiger partial charge in [-0.3, -0.25) is 4.79 Å². The van der Waals surface area contributed by atoms with Crippen LogP contribution in [0.15, 0.2) is 29.2 Å². The summed E-state index contributed by atoms with van der Waals surface area (Å²) >= 11 is 0. The van der Waals surface area contributed by atoms with Crippen LogP contribution < -0.4 is 11.1 Å². The van der Waals surface area contributed by atoms with Crippen LogP contribution in [0.1, 0.15) is 42.5 Å². The van der Waals surface area contributed by atoms with Gasteiger partial charge < -0.3 is 11.1 Å². The van der Waals surface area contributed by atoms with E-state index in [0.717, 1.165) is 19.1 Å². The Labute approximate surface area is 132 Å². The van der Waals surface area contributed by atoms with Crippen LogP contribution in [0.3, 0.4) is 0 Å². The number of amides is 1. The quantitative estimate of drug-likeness (QED) is 0.863. The molecule has 1 aliphatic rings. The Hall–Kier alpha value is -1.40. The number of carbonyl (C=O) groups excluding carboxylic acids is 1. The second kappa shape index (κ2) is 7.24. The van der Waals surface area contributed by atoms with Crippen molar-refractivity contribution in [3.05, 3.63) is 29.8 Å². The highest BCUT2D eigenvalue weighted by Crippen LogP contribution is 2.26. The zero-order chi connectivity index (χ0) is 16.2. The van der Waals surface area contributed by atoms with E-state index in [4.69, 9.17) is 5.73 Å². The van der Waals surface area contributed by atoms with Gasteiger partial charge in [0.2, 0.25) is 0 Å². The fourth-order valence-corrected chi connectivity index (χ4v) is 3.64. The highest BCUT2D eigenvalue weighted by Gasteiger charge is 2.24. The second-order valence-corrected chi connectivity index (χ2v) is 8.03. The first-order valence-corrected chi connectivity index (χ1v) is 9.62. The molecule has 1 saturated carbocycles. The molecule has 0 aromatic heterocycles. The van der Waals surface area contributed by atoms with Crippen molar-refractivity contribution >= 4 is 15.7 Å². The Morgan fingerprint density at radius 1 is 1.23 bits per heavy atom. The zero-order valence-corrected chi connectivity index (χ0v) is 13.7.